The van der Waals surface area contributed by atoms with E-state index in [1.54, 1.807) is 29.4 Å². The third-order valence-electron chi connectivity index (χ3n) is 4.87. The highest BCUT2D eigenvalue weighted by Gasteiger charge is 2.29. The fourth-order valence-electron chi connectivity index (χ4n) is 2.99. The lowest BCUT2D eigenvalue weighted by Crippen LogP contribution is -2.37. The number of carbonyl (C=O) groups excluding carboxylic acids is 2. The molecule has 0 bridgehead atoms. The van der Waals surface area contributed by atoms with Crippen LogP contribution in [0.3, 0.4) is 0 Å². The molecule has 1 N–H and O–H groups in total. The van der Waals surface area contributed by atoms with E-state index in [2.05, 4.69) is 11.4 Å². The summed E-state index contributed by atoms with van der Waals surface area (Å²) in [6.45, 7) is 3.86. The Labute approximate surface area is 178 Å². The Hall–Kier alpha value is -2.63. The van der Waals surface area contributed by atoms with Crippen LogP contribution in [-0.2, 0) is 22.4 Å². The third-order valence-corrected chi connectivity index (χ3v) is 6.74. The Balaban J connectivity index is 1.69. The summed E-state index contributed by atoms with van der Waals surface area (Å²) in [6, 6.07) is 4.22. The average Bonchev–Trinajstić information content (AvgIpc) is 3.32. The van der Waals surface area contributed by atoms with Gasteiger partial charge < -0.3 is 15.0 Å². The summed E-state index contributed by atoms with van der Waals surface area (Å²) in [5.41, 5.74) is 2.44. The standard InChI is InChI=1S/C21H23N3O3S2/c1-13(2)24(3)21(26)27-15-5-6-16-17(11-22)20(29-18(16)10-15)23-19(25)7-4-14-8-9-28-12-14/h4,7-9,12-13,15H,5-6,10H2,1-3H3,(H,23,25)/b7-4+. The van der Waals surface area contributed by atoms with E-state index in [0.717, 1.165) is 16.0 Å². The molecule has 0 saturated heterocycles. The lowest BCUT2D eigenvalue weighted by atomic mass is 9.94. The number of anilines is 1. The molecule has 1 aliphatic carbocycles. The van der Waals surface area contributed by atoms with Gasteiger partial charge in [0.1, 0.15) is 17.2 Å². The zero-order chi connectivity index (χ0) is 21.0. The molecule has 6 nitrogen and oxygen atoms in total. The molecule has 0 radical (unpaired) electrons. The van der Waals surface area contributed by atoms with Gasteiger partial charge in [0.15, 0.2) is 0 Å². The molecule has 1 unspecified atom stereocenters. The van der Waals surface area contributed by atoms with Gasteiger partial charge in [0.2, 0.25) is 5.91 Å². The Kier molecular flexibility index (Phi) is 6.72. The minimum absolute atomic E-state index is 0.0672. The van der Waals surface area contributed by atoms with Crippen LogP contribution in [0.5, 0.6) is 0 Å². The van der Waals surface area contributed by atoms with E-state index in [1.807, 2.05) is 30.7 Å². The molecular weight excluding hydrogens is 406 g/mol. The molecular formula is C21H23N3O3S2. The molecule has 1 aliphatic rings. The maximum atomic E-state index is 12.3. The highest BCUT2D eigenvalue weighted by atomic mass is 32.1. The molecule has 0 saturated carbocycles. The molecule has 2 aromatic rings. The van der Waals surface area contributed by atoms with E-state index in [9.17, 15) is 14.9 Å². The molecule has 0 spiro atoms. The lowest BCUT2D eigenvalue weighted by molar-refractivity contribution is -0.111. The second kappa shape index (κ2) is 9.25. The Morgan fingerprint density at radius 1 is 1.45 bits per heavy atom. The molecule has 0 aromatic carbocycles. The fourth-order valence-corrected chi connectivity index (χ4v) is 4.89. The van der Waals surface area contributed by atoms with Gasteiger partial charge in [-0.05, 0) is 60.7 Å². The lowest BCUT2D eigenvalue weighted by Gasteiger charge is -2.27. The number of nitriles is 1. The van der Waals surface area contributed by atoms with E-state index in [-0.39, 0.29) is 24.1 Å². The molecule has 1 atom stereocenters. The number of hydrogen-bond donors (Lipinski definition) is 1. The highest BCUT2D eigenvalue weighted by Crippen LogP contribution is 2.38. The number of amides is 2. The molecule has 2 heterocycles. The number of hydrogen-bond acceptors (Lipinski definition) is 6. The van der Waals surface area contributed by atoms with Crippen LogP contribution in [0.2, 0.25) is 0 Å². The molecule has 2 amide bonds. The van der Waals surface area contributed by atoms with Crippen LogP contribution in [0.15, 0.2) is 22.9 Å². The summed E-state index contributed by atoms with van der Waals surface area (Å²) in [4.78, 5) is 27.0. The number of rotatable bonds is 5. The van der Waals surface area contributed by atoms with Crippen LogP contribution >= 0.6 is 22.7 Å². The zero-order valence-electron chi connectivity index (χ0n) is 16.6. The summed E-state index contributed by atoms with van der Waals surface area (Å²) in [5, 5.41) is 16.9. The zero-order valence-corrected chi connectivity index (χ0v) is 18.2. The predicted octanol–water partition coefficient (Wildman–Crippen LogP) is 4.67. The molecule has 8 heteroatoms. The minimum atomic E-state index is -0.336. The Morgan fingerprint density at radius 2 is 2.24 bits per heavy atom. The first-order valence-electron chi connectivity index (χ1n) is 9.38. The number of thiophene rings is 2. The third kappa shape index (κ3) is 5.05. The number of ether oxygens (including phenoxy) is 1. The van der Waals surface area contributed by atoms with Gasteiger partial charge in [-0.1, -0.05) is 0 Å². The van der Waals surface area contributed by atoms with Crippen molar-refractivity contribution in [2.24, 2.45) is 0 Å². The van der Waals surface area contributed by atoms with Crippen molar-refractivity contribution in [3.63, 3.8) is 0 Å². The van der Waals surface area contributed by atoms with E-state index < -0.39 is 0 Å². The predicted molar refractivity (Wildman–Crippen MR) is 116 cm³/mol. The quantitative estimate of drug-likeness (QED) is 0.701. The van der Waals surface area contributed by atoms with Gasteiger partial charge in [-0.25, -0.2) is 4.79 Å². The topological polar surface area (TPSA) is 82.4 Å². The minimum Gasteiger partial charge on any atom is -0.446 e. The van der Waals surface area contributed by atoms with Crippen molar-refractivity contribution in [1.82, 2.24) is 4.90 Å². The molecule has 29 heavy (non-hydrogen) atoms. The molecule has 0 aliphatic heterocycles. The first-order chi connectivity index (χ1) is 13.9. The summed E-state index contributed by atoms with van der Waals surface area (Å²) in [6.07, 6.45) is 4.54. The van der Waals surface area contributed by atoms with Gasteiger partial charge in [-0.3, -0.25) is 4.79 Å². The molecule has 0 fully saturated rings. The molecule has 152 valence electrons. The smallest absolute Gasteiger partial charge is 0.410 e. The summed E-state index contributed by atoms with van der Waals surface area (Å²) < 4.78 is 5.63. The van der Waals surface area contributed by atoms with E-state index in [4.69, 9.17) is 4.74 Å². The van der Waals surface area contributed by atoms with Crippen LogP contribution in [0, 0.1) is 11.3 Å². The summed E-state index contributed by atoms with van der Waals surface area (Å²) in [7, 11) is 1.72. The van der Waals surface area contributed by atoms with Gasteiger partial charge in [0.25, 0.3) is 0 Å². The average molecular weight is 430 g/mol. The number of nitrogens with zero attached hydrogens (tertiary/aromatic N) is 2. The van der Waals surface area contributed by atoms with E-state index in [1.165, 1.54) is 17.4 Å². The number of nitrogens with one attached hydrogen (secondary N) is 1. The van der Waals surface area contributed by atoms with Gasteiger partial charge >= 0.3 is 6.09 Å². The van der Waals surface area contributed by atoms with Crippen LogP contribution in [0.25, 0.3) is 6.08 Å². The van der Waals surface area contributed by atoms with E-state index >= 15 is 0 Å². The van der Waals surface area contributed by atoms with Crippen molar-refractivity contribution < 1.29 is 14.3 Å². The van der Waals surface area contributed by atoms with Crippen LogP contribution in [0.1, 0.15) is 41.8 Å². The second-order valence-electron chi connectivity index (χ2n) is 7.15. The van der Waals surface area contributed by atoms with Gasteiger partial charge in [0, 0.05) is 30.5 Å². The molecule has 3 rings (SSSR count). The monoisotopic (exact) mass is 429 g/mol. The largest absolute Gasteiger partial charge is 0.446 e. The van der Waals surface area contributed by atoms with Crippen LogP contribution in [-0.4, -0.2) is 36.1 Å². The van der Waals surface area contributed by atoms with Gasteiger partial charge in [-0.15, -0.1) is 11.3 Å². The maximum Gasteiger partial charge on any atom is 0.410 e. The van der Waals surface area contributed by atoms with Crippen molar-refractivity contribution in [3.05, 3.63) is 44.5 Å². The van der Waals surface area contributed by atoms with Gasteiger partial charge in [-0.2, -0.15) is 16.6 Å². The SMILES string of the molecule is CC(C)N(C)C(=O)OC1CCc2c(sc(NC(=O)/C=C/c3ccsc3)c2C#N)C1. The van der Waals surface area contributed by atoms with Crippen LogP contribution < -0.4 is 5.32 Å². The first-order valence-corrected chi connectivity index (χ1v) is 11.1. The Morgan fingerprint density at radius 3 is 2.90 bits per heavy atom. The Bertz CT molecular complexity index is 955. The normalized spacial score (nSPS) is 15.8. The summed E-state index contributed by atoms with van der Waals surface area (Å²) in [5.74, 6) is -0.271. The van der Waals surface area contributed by atoms with Crippen molar-refractivity contribution in [2.75, 3.05) is 12.4 Å². The summed E-state index contributed by atoms with van der Waals surface area (Å²) >= 11 is 2.96. The van der Waals surface area contributed by atoms with Crippen molar-refractivity contribution in [2.45, 2.75) is 45.3 Å². The van der Waals surface area contributed by atoms with Gasteiger partial charge in [0.05, 0.1) is 5.56 Å². The first kappa shape index (κ1) is 21.1. The second-order valence-corrected chi connectivity index (χ2v) is 9.04. The van der Waals surface area contributed by atoms with Crippen molar-refractivity contribution in [1.29, 1.82) is 5.26 Å². The van der Waals surface area contributed by atoms with Crippen molar-refractivity contribution in [3.8, 4) is 6.07 Å². The fraction of sp³-hybridized carbons (Fsp3) is 0.381. The number of carbonyl (C=O) groups is 2. The van der Waals surface area contributed by atoms with Crippen LogP contribution in [0.4, 0.5) is 9.80 Å². The van der Waals surface area contributed by atoms with Crippen molar-refractivity contribution >= 4 is 45.8 Å². The highest BCUT2D eigenvalue weighted by molar-refractivity contribution is 7.16. The maximum absolute atomic E-state index is 12.3. The van der Waals surface area contributed by atoms with E-state index in [0.29, 0.717) is 29.8 Å². The number of fused-ring (bicyclic) bond motifs is 1. The molecule has 2 aromatic heterocycles.